The first-order chi connectivity index (χ1) is 9.38. The maximum Gasteiger partial charge on any atom is 0.393 e. The van der Waals surface area contributed by atoms with E-state index in [0.29, 0.717) is 30.5 Å². The molecule has 20 heavy (non-hydrogen) atoms. The van der Waals surface area contributed by atoms with Crippen LogP contribution in [-0.2, 0) is 19.4 Å². The van der Waals surface area contributed by atoms with E-state index < -0.39 is 12.1 Å². The van der Waals surface area contributed by atoms with Gasteiger partial charge in [0.2, 0.25) is 0 Å². The minimum absolute atomic E-state index is 0.0290. The van der Waals surface area contributed by atoms with Gasteiger partial charge in [-0.15, -0.1) is 10.2 Å². The fourth-order valence-electron chi connectivity index (χ4n) is 2.47. The molecule has 0 saturated heterocycles. The molecule has 0 aromatic carbocycles. The fourth-order valence-corrected chi connectivity index (χ4v) is 2.47. The lowest BCUT2D eigenvalue weighted by atomic mass is 9.98. The van der Waals surface area contributed by atoms with Crippen molar-refractivity contribution in [2.75, 3.05) is 6.54 Å². The summed E-state index contributed by atoms with van der Waals surface area (Å²) in [5.41, 5.74) is 0. The maximum absolute atomic E-state index is 12.8. The maximum atomic E-state index is 12.8. The molecule has 1 aromatic heterocycles. The zero-order valence-electron chi connectivity index (χ0n) is 11.9. The number of rotatable bonds is 5. The van der Waals surface area contributed by atoms with E-state index in [-0.39, 0.29) is 13.0 Å². The van der Waals surface area contributed by atoms with Gasteiger partial charge in [-0.1, -0.05) is 13.8 Å². The quantitative estimate of drug-likeness (QED) is 0.846. The first kappa shape index (κ1) is 15.3. The van der Waals surface area contributed by atoms with Gasteiger partial charge in [0.15, 0.2) is 0 Å². The van der Waals surface area contributed by atoms with E-state index in [9.17, 15) is 13.2 Å². The van der Waals surface area contributed by atoms with Gasteiger partial charge in [0, 0.05) is 25.4 Å². The van der Waals surface area contributed by atoms with E-state index in [1.165, 1.54) is 0 Å². The zero-order valence-corrected chi connectivity index (χ0v) is 11.9. The van der Waals surface area contributed by atoms with Crippen molar-refractivity contribution in [3.8, 4) is 0 Å². The second-order valence-corrected chi connectivity index (χ2v) is 5.63. The van der Waals surface area contributed by atoms with Gasteiger partial charge in [0.05, 0.1) is 5.92 Å². The Balaban J connectivity index is 1.95. The molecule has 114 valence electrons. The fraction of sp³-hybridized carbons (Fsp3) is 0.846. The molecule has 1 aliphatic heterocycles. The number of hydrogen-bond donors (Lipinski definition) is 1. The van der Waals surface area contributed by atoms with Crippen molar-refractivity contribution in [3.05, 3.63) is 11.6 Å². The van der Waals surface area contributed by atoms with Crippen LogP contribution < -0.4 is 5.32 Å². The first-order valence-electron chi connectivity index (χ1n) is 7.09. The van der Waals surface area contributed by atoms with E-state index >= 15 is 0 Å². The molecule has 0 aliphatic carbocycles. The number of aryl methyl sites for hydroxylation is 2. The summed E-state index contributed by atoms with van der Waals surface area (Å²) in [4.78, 5) is 0. The van der Waals surface area contributed by atoms with E-state index in [4.69, 9.17) is 0 Å². The Hall–Kier alpha value is -1.11. The van der Waals surface area contributed by atoms with Gasteiger partial charge in [-0.2, -0.15) is 13.2 Å². The van der Waals surface area contributed by atoms with E-state index in [1.807, 2.05) is 0 Å². The molecule has 1 N–H and O–H groups in total. The summed E-state index contributed by atoms with van der Waals surface area (Å²) in [5.74, 6) is 0.107. The molecule has 2 heterocycles. The summed E-state index contributed by atoms with van der Waals surface area (Å²) >= 11 is 0. The van der Waals surface area contributed by atoms with Crippen LogP contribution in [0, 0.1) is 5.92 Å². The Labute approximate surface area is 116 Å². The molecule has 0 spiro atoms. The van der Waals surface area contributed by atoms with Crippen LogP contribution in [0.1, 0.15) is 38.3 Å². The molecule has 1 aromatic rings. The Morgan fingerprint density at radius 3 is 2.75 bits per heavy atom. The van der Waals surface area contributed by atoms with Crippen LogP contribution in [0.5, 0.6) is 0 Å². The summed E-state index contributed by atoms with van der Waals surface area (Å²) in [6, 6.07) is 0.414. The Morgan fingerprint density at radius 1 is 1.35 bits per heavy atom. The van der Waals surface area contributed by atoms with Crippen LogP contribution >= 0.6 is 0 Å². The third-order valence-corrected chi connectivity index (χ3v) is 3.62. The summed E-state index contributed by atoms with van der Waals surface area (Å²) < 4.78 is 40.1. The van der Waals surface area contributed by atoms with Gasteiger partial charge in [-0.3, -0.25) is 0 Å². The highest BCUT2D eigenvalue weighted by Gasteiger charge is 2.42. The minimum Gasteiger partial charge on any atom is -0.315 e. The lowest BCUT2D eigenvalue weighted by molar-refractivity contribution is -0.182. The van der Waals surface area contributed by atoms with Gasteiger partial charge >= 0.3 is 6.18 Å². The van der Waals surface area contributed by atoms with Crippen LogP contribution in [0.3, 0.4) is 0 Å². The van der Waals surface area contributed by atoms with Crippen molar-refractivity contribution in [1.82, 2.24) is 20.1 Å². The zero-order chi connectivity index (χ0) is 14.8. The Morgan fingerprint density at radius 2 is 2.10 bits per heavy atom. The normalized spacial score (nSPS) is 19.4. The lowest BCUT2D eigenvalue weighted by Crippen LogP contribution is -2.33. The van der Waals surface area contributed by atoms with Gasteiger partial charge in [-0.05, 0) is 19.4 Å². The highest BCUT2D eigenvalue weighted by molar-refractivity contribution is 5.01. The van der Waals surface area contributed by atoms with Crippen LogP contribution in [0.2, 0.25) is 0 Å². The molecular weight excluding hydrogens is 269 g/mol. The Bertz CT molecular complexity index is 439. The summed E-state index contributed by atoms with van der Waals surface area (Å²) in [7, 11) is 0. The number of hydrogen-bond acceptors (Lipinski definition) is 3. The third-order valence-electron chi connectivity index (χ3n) is 3.62. The Kier molecular flexibility index (Phi) is 4.67. The molecule has 0 amide bonds. The highest BCUT2D eigenvalue weighted by atomic mass is 19.4. The van der Waals surface area contributed by atoms with Crippen LogP contribution in [0.25, 0.3) is 0 Å². The first-order valence-corrected chi connectivity index (χ1v) is 7.09. The summed E-state index contributed by atoms with van der Waals surface area (Å²) in [6.07, 6.45) is -2.12. The van der Waals surface area contributed by atoms with E-state index in [1.54, 1.807) is 4.57 Å². The average Bonchev–Trinajstić information content (AvgIpc) is 2.76. The van der Waals surface area contributed by atoms with Crippen molar-refractivity contribution in [3.63, 3.8) is 0 Å². The van der Waals surface area contributed by atoms with Crippen molar-refractivity contribution < 1.29 is 13.2 Å². The monoisotopic (exact) mass is 290 g/mol. The molecule has 7 heteroatoms. The molecular formula is C13H21F3N4. The number of nitrogens with one attached hydrogen (secondary N) is 1. The van der Waals surface area contributed by atoms with Gasteiger partial charge in [0.1, 0.15) is 11.6 Å². The predicted molar refractivity (Wildman–Crippen MR) is 69.3 cm³/mol. The molecule has 0 fully saturated rings. The number of alkyl halides is 3. The van der Waals surface area contributed by atoms with Crippen LogP contribution in [0.15, 0.2) is 0 Å². The highest BCUT2D eigenvalue weighted by Crippen LogP contribution is 2.34. The average molecular weight is 290 g/mol. The third kappa shape index (κ3) is 3.71. The number of halogens is 3. The molecule has 0 bridgehead atoms. The molecule has 1 unspecified atom stereocenters. The lowest BCUT2D eigenvalue weighted by Gasteiger charge is -2.26. The summed E-state index contributed by atoms with van der Waals surface area (Å²) in [5, 5.41) is 11.3. The number of nitrogens with zero attached hydrogens (tertiary/aromatic N) is 3. The van der Waals surface area contributed by atoms with E-state index in [0.717, 1.165) is 13.0 Å². The van der Waals surface area contributed by atoms with Gasteiger partial charge in [-0.25, -0.2) is 0 Å². The minimum atomic E-state index is -4.13. The molecule has 2 rings (SSSR count). The van der Waals surface area contributed by atoms with Crippen molar-refractivity contribution >= 4 is 0 Å². The SMILES string of the molecule is CC(C)NCCCc1nnc2n1CC(C(F)(F)F)CC2. The smallest absolute Gasteiger partial charge is 0.315 e. The predicted octanol–water partition coefficient (Wildman–Crippen LogP) is 2.33. The second kappa shape index (κ2) is 6.11. The van der Waals surface area contributed by atoms with Crippen molar-refractivity contribution in [1.29, 1.82) is 0 Å². The second-order valence-electron chi connectivity index (χ2n) is 5.63. The van der Waals surface area contributed by atoms with Gasteiger partial charge in [0.25, 0.3) is 0 Å². The molecule has 1 atom stereocenters. The van der Waals surface area contributed by atoms with Crippen LogP contribution in [-0.4, -0.2) is 33.5 Å². The largest absolute Gasteiger partial charge is 0.393 e. The van der Waals surface area contributed by atoms with E-state index in [2.05, 4.69) is 29.4 Å². The van der Waals surface area contributed by atoms with Crippen molar-refractivity contribution in [2.45, 2.75) is 58.3 Å². The summed E-state index contributed by atoms with van der Waals surface area (Å²) in [6.45, 7) is 4.93. The number of aromatic nitrogens is 3. The molecule has 0 radical (unpaired) electrons. The molecule has 1 aliphatic rings. The van der Waals surface area contributed by atoms with Crippen molar-refractivity contribution in [2.24, 2.45) is 5.92 Å². The van der Waals surface area contributed by atoms with Gasteiger partial charge < -0.3 is 9.88 Å². The van der Waals surface area contributed by atoms with Crippen LogP contribution in [0.4, 0.5) is 13.2 Å². The topological polar surface area (TPSA) is 42.7 Å². The molecule has 0 saturated carbocycles. The number of fused-ring (bicyclic) bond motifs is 1. The standard InChI is InChI=1S/C13H21F3N4/c1-9(2)17-7-3-4-11-18-19-12-6-5-10(8-20(11)12)13(14,15)16/h9-10,17H,3-8H2,1-2H3. The molecule has 4 nitrogen and oxygen atoms in total.